The molecule has 0 saturated carbocycles. The molecule has 0 aromatic rings. The van der Waals surface area contributed by atoms with Crippen molar-refractivity contribution in [1.82, 2.24) is 10.2 Å². The summed E-state index contributed by atoms with van der Waals surface area (Å²) in [7, 11) is 2.03. The molecule has 4 heteroatoms. The standard InChI is InChI=1S/C8H15N3O/c1-11-4-6-8(5-11,7(9)12)2-3-10-6/h6,10H,2-5H2,1H3,(H2,9,12). The molecular formula is C8H15N3O. The van der Waals surface area contributed by atoms with E-state index in [2.05, 4.69) is 10.2 Å². The van der Waals surface area contributed by atoms with E-state index in [9.17, 15) is 4.79 Å². The number of likely N-dealkylation sites (tertiary alicyclic amines) is 1. The van der Waals surface area contributed by atoms with Crippen molar-refractivity contribution < 1.29 is 4.79 Å². The molecule has 0 radical (unpaired) electrons. The van der Waals surface area contributed by atoms with E-state index in [0.717, 1.165) is 26.1 Å². The Bertz CT molecular complexity index is 218. The molecule has 2 atom stereocenters. The van der Waals surface area contributed by atoms with Crippen LogP contribution >= 0.6 is 0 Å². The van der Waals surface area contributed by atoms with Gasteiger partial charge in [-0.1, -0.05) is 0 Å². The summed E-state index contributed by atoms with van der Waals surface area (Å²) in [6.45, 7) is 2.70. The summed E-state index contributed by atoms with van der Waals surface area (Å²) in [5, 5.41) is 3.33. The highest BCUT2D eigenvalue weighted by atomic mass is 16.1. The SMILES string of the molecule is CN1CC2NCCC2(C(N)=O)C1. The molecule has 2 heterocycles. The molecule has 12 heavy (non-hydrogen) atoms. The van der Waals surface area contributed by atoms with Gasteiger partial charge in [0.05, 0.1) is 5.41 Å². The number of nitrogens with zero attached hydrogens (tertiary/aromatic N) is 1. The Morgan fingerprint density at radius 3 is 3.08 bits per heavy atom. The van der Waals surface area contributed by atoms with Crippen molar-refractivity contribution in [3.05, 3.63) is 0 Å². The summed E-state index contributed by atoms with van der Waals surface area (Å²) in [6, 6.07) is 0.292. The predicted octanol–water partition coefficient (Wildman–Crippen LogP) is -1.23. The van der Waals surface area contributed by atoms with Crippen molar-refractivity contribution in [2.75, 3.05) is 26.7 Å². The number of amides is 1. The maximum absolute atomic E-state index is 11.3. The number of primary amides is 1. The van der Waals surface area contributed by atoms with Crippen LogP contribution in [0.15, 0.2) is 0 Å². The predicted molar refractivity (Wildman–Crippen MR) is 45.5 cm³/mol. The van der Waals surface area contributed by atoms with E-state index in [1.54, 1.807) is 0 Å². The van der Waals surface area contributed by atoms with Crippen LogP contribution in [0.3, 0.4) is 0 Å². The zero-order chi connectivity index (χ0) is 8.77. The summed E-state index contributed by atoms with van der Waals surface area (Å²) >= 11 is 0. The average Bonchev–Trinajstić information content (AvgIpc) is 2.42. The van der Waals surface area contributed by atoms with E-state index in [0.29, 0.717) is 6.04 Å². The summed E-state index contributed by atoms with van der Waals surface area (Å²) in [4.78, 5) is 13.5. The molecule has 2 aliphatic heterocycles. The minimum Gasteiger partial charge on any atom is -0.369 e. The van der Waals surface area contributed by atoms with Gasteiger partial charge in [0.15, 0.2) is 0 Å². The smallest absolute Gasteiger partial charge is 0.226 e. The molecule has 2 fully saturated rings. The first-order valence-corrected chi connectivity index (χ1v) is 4.37. The zero-order valence-corrected chi connectivity index (χ0v) is 7.34. The van der Waals surface area contributed by atoms with Crippen molar-refractivity contribution in [2.24, 2.45) is 11.1 Å². The molecule has 2 saturated heterocycles. The molecule has 2 aliphatic rings. The van der Waals surface area contributed by atoms with Crippen molar-refractivity contribution in [3.63, 3.8) is 0 Å². The van der Waals surface area contributed by atoms with Crippen LogP contribution in [0, 0.1) is 5.41 Å². The number of carbonyl (C=O) groups is 1. The summed E-state index contributed by atoms with van der Waals surface area (Å²) in [5.74, 6) is -0.137. The third-order valence-electron chi connectivity index (χ3n) is 3.17. The fourth-order valence-corrected chi connectivity index (χ4v) is 2.50. The average molecular weight is 169 g/mol. The van der Waals surface area contributed by atoms with Gasteiger partial charge in [-0.2, -0.15) is 0 Å². The normalized spacial score (nSPS) is 41.6. The van der Waals surface area contributed by atoms with Crippen LogP contribution < -0.4 is 11.1 Å². The monoisotopic (exact) mass is 169 g/mol. The third-order valence-corrected chi connectivity index (χ3v) is 3.17. The van der Waals surface area contributed by atoms with Crippen LogP contribution in [-0.4, -0.2) is 43.5 Å². The lowest BCUT2D eigenvalue weighted by atomic mass is 9.82. The molecule has 0 bridgehead atoms. The largest absolute Gasteiger partial charge is 0.369 e. The number of nitrogens with one attached hydrogen (secondary N) is 1. The number of fused-ring (bicyclic) bond motifs is 1. The third kappa shape index (κ3) is 0.881. The van der Waals surface area contributed by atoms with Gasteiger partial charge in [0.2, 0.25) is 5.91 Å². The van der Waals surface area contributed by atoms with Crippen LogP contribution in [-0.2, 0) is 4.79 Å². The molecule has 4 nitrogen and oxygen atoms in total. The molecule has 2 rings (SSSR count). The van der Waals surface area contributed by atoms with Crippen molar-refractivity contribution >= 4 is 5.91 Å². The Kier molecular flexibility index (Phi) is 1.63. The number of nitrogens with two attached hydrogens (primary N) is 1. The van der Waals surface area contributed by atoms with Crippen molar-refractivity contribution in [2.45, 2.75) is 12.5 Å². The molecule has 2 unspecified atom stereocenters. The van der Waals surface area contributed by atoms with Gasteiger partial charge in [-0.3, -0.25) is 4.79 Å². The minimum absolute atomic E-state index is 0.137. The van der Waals surface area contributed by atoms with Crippen LogP contribution in [0.4, 0.5) is 0 Å². The Morgan fingerprint density at radius 2 is 2.50 bits per heavy atom. The number of likely N-dealkylation sites (N-methyl/N-ethyl adjacent to an activating group) is 1. The summed E-state index contributed by atoms with van der Waals surface area (Å²) < 4.78 is 0. The Hall–Kier alpha value is -0.610. The Morgan fingerprint density at radius 1 is 1.75 bits per heavy atom. The number of hydrogen-bond donors (Lipinski definition) is 2. The Balaban J connectivity index is 2.26. The first kappa shape index (κ1) is 8.01. The molecule has 68 valence electrons. The lowest BCUT2D eigenvalue weighted by Crippen LogP contribution is -2.45. The molecule has 0 aromatic carbocycles. The van der Waals surface area contributed by atoms with Gasteiger partial charge < -0.3 is 16.0 Å². The van der Waals surface area contributed by atoms with Crippen LogP contribution in [0.25, 0.3) is 0 Å². The maximum atomic E-state index is 11.3. The highest BCUT2D eigenvalue weighted by Crippen LogP contribution is 2.36. The van der Waals surface area contributed by atoms with Crippen molar-refractivity contribution in [3.8, 4) is 0 Å². The maximum Gasteiger partial charge on any atom is 0.226 e. The number of rotatable bonds is 1. The molecule has 3 N–H and O–H groups in total. The molecular weight excluding hydrogens is 154 g/mol. The van der Waals surface area contributed by atoms with Gasteiger partial charge in [0.1, 0.15) is 0 Å². The summed E-state index contributed by atoms with van der Waals surface area (Å²) in [5.41, 5.74) is 5.16. The van der Waals surface area contributed by atoms with Gasteiger partial charge in [-0.25, -0.2) is 0 Å². The van der Waals surface area contributed by atoms with E-state index >= 15 is 0 Å². The van der Waals surface area contributed by atoms with Crippen LogP contribution in [0.1, 0.15) is 6.42 Å². The minimum atomic E-state index is -0.269. The quantitative estimate of drug-likeness (QED) is 0.516. The van der Waals surface area contributed by atoms with Gasteiger partial charge in [0.25, 0.3) is 0 Å². The Labute approximate surface area is 72.1 Å². The second-order valence-corrected chi connectivity index (χ2v) is 3.97. The highest BCUT2D eigenvalue weighted by Gasteiger charge is 2.52. The fraction of sp³-hybridized carbons (Fsp3) is 0.875. The fourth-order valence-electron chi connectivity index (χ4n) is 2.50. The van der Waals surface area contributed by atoms with E-state index in [1.165, 1.54) is 0 Å². The van der Waals surface area contributed by atoms with Gasteiger partial charge >= 0.3 is 0 Å². The summed E-state index contributed by atoms with van der Waals surface area (Å²) in [6.07, 6.45) is 0.900. The van der Waals surface area contributed by atoms with E-state index in [4.69, 9.17) is 5.73 Å². The molecule has 0 spiro atoms. The lowest BCUT2D eigenvalue weighted by molar-refractivity contribution is -0.127. The number of carbonyl (C=O) groups excluding carboxylic acids is 1. The molecule has 1 amide bonds. The van der Waals surface area contributed by atoms with Crippen molar-refractivity contribution in [1.29, 1.82) is 0 Å². The van der Waals surface area contributed by atoms with Crippen LogP contribution in [0.2, 0.25) is 0 Å². The molecule has 0 aromatic heterocycles. The van der Waals surface area contributed by atoms with Gasteiger partial charge in [-0.15, -0.1) is 0 Å². The molecule has 0 aliphatic carbocycles. The zero-order valence-electron chi connectivity index (χ0n) is 7.34. The number of hydrogen-bond acceptors (Lipinski definition) is 3. The lowest BCUT2D eigenvalue weighted by Gasteiger charge is -2.23. The van der Waals surface area contributed by atoms with Gasteiger partial charge in [-0.05, 0) is 20.0 Å². The van der Waals surface area contributed by atoms with E-state index in [-0.39, 0.29) is 11.3 Å². The van der Waals surface area contributed by atoms with E-state index < -0.39 is 0 Å². The first-order valence-electron chi connectivity index (χ1n) is 4.37. The highest BCUT2D eigenvalue weighted by molar-refractivity contribution is 5.83. The first-order chi connectivity index (χ1) is 5.65. The van der Waals surface area contributed by atoms with Crippen LogP contribution in [0.5, 0.6) is 0 Å². The second-order valence-electron chi connectivity index (χ2n) is 3.97. The topological polar surface area (TPSA) is 58.4 Å². The van der Waals surface area contributed by atoms with Gasteiger partial charge in [0, 0.05) is 19.1 Å². The van der Waals surface area contributed by atoms with E-state index in [1.807, 2.05) is 7.05 Å². The second kappa shape index (κ2) is 2.44.